The summed E-state index contributed by atoms with van der Waals surface area (Å²) in [7, 11) is 0. The van der Waals surface area contributed by atoms with Gasteiger partial charge in [0.1, 0.15) is 16.7 Å². The minimum Gasteiger partial charge on any atom is -0.395 e. The van der Waals surface area contributed by atoms with E-state index in [9.17, 15) is 18.8 Å². The number of nitrogen functional groups attached to an aromatic ring is 1. The highest BCUT2D eigenvalue weighted by molar-refractivity contribution is 7.09. The standard InChI is InChI=1S/C24H27FN6O3S/c1-4-24(2,3)29-22(33)19(15-7-9-16(25)10-8-15)31(13-14-6-5-11-28-12-14)23(34)20-17(26)18(21(27)32)30-35-20/h5-12,19H,4,13,26H2,1-3H3,(H2,27,32)(H,29,33)/t19-/m0/s1. The van der Waals surface area contributed by atoms with Gasteiger partial charge in [-0.2, -0.15) is 4.37 Å². The van der Waals surface area contributed by atoms with Gasteiger partial charge in [-0.1, -0.05) is 25.1 Å². The topological polar surface area (TPSA) is 144 Å². The summed E-state index contributed by atoms with van der Waals surface area (Å²) in [4.78, 5) is 44.5. The van der Waals surface area contributed by atoms with Crippen LogP contribution in [0, 0.1) is 5.82 Å². The molecule has 3 amide bonds. The lowest BCUT2D eigenvalue weighted by Crippen LogP contribution is -2.50. The molecule has 1 aromatic carbocycles. The number of pyridine rings is 1. The smallest absolute Gasteiger partial charge is 0.270 e. The molecule has 0 aliphatic rings. The number of nitrogens with two attached hydrogens (primary N) is 2. The zero-order chi connectivity index (χ0) is 25.8. The lowest BCUT2D eigenvalue weighted by atomic mass is 9.98. The van der Waals surface area contributed by atoms with Gasteiger partial charge >= 0.3 is 0 Å². The Morgan fingerprint density at radius 2 is 1.89 bits per heavy atom. The van der Waals surface area contributed by atoms with Crippen molar-refractivity contribution in [1.29, 1.82) is 0 Å². The predicted molar refractivity (Wildman–Crippen MR) is 131 cm³/mol. The van der Waals surface area contributed by atoms with Crippen LogP contribution < -0.4 is 16.8 Å². The number of carbonyl (C=O) groups excluding carboxylic acids is 3. The van der Waals surface area contributed by atoms with Crippen molar-refractivity contribution in [2.24, 2.45) is 5.73 Å². The van der Waals surface area contributed by atoms with Crippen molar-refractivity contribution >= 4 is 34.9 Å². The third-order valence-electron chi connectivity index (χ3n) is 5.58. The summed E-state index contributed by atoms with van der Waals surface area (Å²) in [5.74, 6) is -2.44. The first-order valence-electron chi connectivity index (χ1n) is 10.9. The molecule has 0 aliphatic carbocycles. The van der Waals surface area contributed by atoms with Crippen molar-refractivity contribution in [1.82, 2.24) is 19.6 Å². The van der Waals surface area contributed by atoms with Crippen LogP contribution in [-0.4, -0.2) is 37.5 Å². The fourth-order valence-corrected chi connectivity index (χ4v) is 4.10. The number of hydrogen-bond donors (Lipinski definition) is 3. The second-order valence-electron chi connectivity index (χ2n) is 8.61. The summed E-state index contributed by atoms with van der Waals surface area (Å²) in [5, 5.41) is 2.97. The summed E-state index contributed by atoms with van der Waals surface area (Å²) in [5.41, 5.74) is 11.5. The summed E-state index contributed by atoms with van der Waals surface area (Å²) in [6, 6.07) is 7.66. The van der Waals surface area contributed by atoms with Crippen molar-refractivity contribution < 1.29 is 18.8 Å². The molecule has 3 aromatic rings. The maximum absolute atomic E-state index is 13.8. The van der Waals surface area contributed by atoms with Crippen LogP contribution in [0.5, 0.6) is 0 Å². The van der Waals surface area contributed by atoms with Crippen LogP contribution in [0.15, 0.2) is 48.8 Å². The Hall–Kier alpha value is -3.86. The van der Waals surface area contributed by atoms with Crippen LogP contribution in [0.4, 0.5) is 10.1 Å². The van der Waals surface area contributed by atoms with E-state index in [0.29, 0.717) is 17.5 Å². The maximum atomic E-state index is 13.8. The number of rotatable bonds is 9. The maximum Gasteiger partial charge on any atom is 0.270 e. The summed E-state index contributed by atoms with van der Waals surface area (Å²) < 4.78 is 17.6. The van der Waals surface area contributed by atoms with Gasteiger partial charge < -0.3 is 21.7 Å². The largest absolute Gasteiger partial charge is 0.395 e. The monoisotopic (exact) mass is 498 g/mol. The zero-order valence-electron chi connectivity index (χ0n) is 19.6. The van der Waals surface area contributed by atoms with E-state index in [1.54, 1.807) is 24.5 Å². The fourth-order valence-electron chi connectivity index (χ4n) is 3.34. The Morgan fingerprint density at radius 1 is 1.20 bits per heavy atom. The van der Waals surface area contributed by atoms with Crippen LogP contribution in [0.2, 0.25) is 0 Å². The van der Waals surface area contributed by atoms with Gasteiger partial charge in [-0.05, 0) is 61.1 Å². The summed E-state index contributed by atoms with van der Waals surface area (Å²) in [6.07, 6.45) is 3.79. The van der Waals surface area contributed by atoms with E-state index in [0.717, 1.165) is 11.5 Å². The normalized spacial score (nSPS) is 12.1. The van der Waals surface area contributed by atoms with Crippen molar-refractivity contribution in [3.05, 3.63) is 76.3 Å². The van der Waals surface area contributed by atoms with Gasteiger partial charge in [0.2, 0.25) is 5.91 Å². The number of nitrogens with zero attached hydrogens (tertiary/aromatic N) is 3. The van der Waals surface area contributed by atoms with Gasteiger partial charge in [0, 0.05) is 24.5 Å². The molecule has 9 nitrogen and oxygen atoms in total. The molecule has 0 aliphatic heterocycles. The van der Waals surface area contributed by atoms with Crippen LogP contribution in [0.25, 0.3) is 0 Å². The van der Waals surface area contributed by atoms with Gasteiger partial charge in [0.05, 0.1) is 5.69 Å². The Bertz CT molecular complexity index is 1210. The van der Waals surface area contributed by atoms with E-state index < -0.39 is 35.1 Å². The van der Waals surface area contributed by atoms with E-state index in [1.165, 1.54) is 29.2 Å². The molecule has 11 heteroatoms. The number of halogens is 1. The van der Waals surface area contributed by atoms with Gasteiger partial charge in [-0.15, -0.1) is 0 Å². The molecule has 0 unspecified atom stereocenters. The molecule has 0 saturated heterocycles. The highest BCUT2D eigenvalue weighted by atomic mass is 32.1. The van der Waals surface area contributed by atoms with Crippen LogP contribution in [-0.2, 0) is 11.3 Å². The predicted octanol–water partition coefficient (Wildman–Crippen LogP) is 3.05. The third kappa shape index (κ3) is 5.99. The average molecular weight is 499 g/mol. The number of amides is 3. The quantitative estimate of drug-likeness (QED) is 0.414. The highest BCUT2D eigenvalue weighted by Gasteiger charge is 2.36. The van der Waals surface area contributed by atoms with Crippen molar-refractivity contribution in [2.45, 2.75) is 45.3 Å². The molecule has 0 fully saturated rings. The molecule has 2 heterocycles. The second-order valence-corrected chi connectivity index (χ2v) is 9.39. The van der Waals surface area contributed by atoms with Gasteiger partial charge in [-0.25, -0.2) is 4.39 Å². The van der Waals surface area contributed by atoms with E-state index in [4.69, 9.17) is 11.5 Å². The minimum atomic E-state index is -1.15. The summed E-state index contributed by atoms with van der Waals surface area (Å²) in [6.45, 7) is 5.63. The molecule has 0 saturated carbocycles. The molecule has 1 atom stereocenters. The third-order valence-corrected chi connectivity index (χ3v) is 6.43. The first-order valence-corrected chi connectivity index (χ1v) is 11.6. The number of carbonyl (C=O) groups is 3. The first-order chi connectivity index (χ1) is 16.5. The van der Waals surface area contributed by atoms with Crippen molar-refractivity contribution in [2.75, 3.05) is 5.73 Å². The molecular formula is C24H27FN6O3S. The molecular weight excluding hydrogens is 471 g/mol. The van der Waals surface area contributed by atoms with E-state index in [-0.39, 0.29) is 22.8 Å². The summed E-state index contributed by atoms with van der Waals surface area (Å²) >= 11 is 0.722. The van der Waals surface area contributed by atoms with Gasteiger partial charge in [0.25, 0.3) is 11.8 Å². The Kier molecular flexibility index (Phi) is 7.80. The van der Waals surface area contributed by atoms with Crippen LogP contribution >= 0.6 is 11.5 Å². The number of primary amides is 1. The second kappa shape index (κ2) is 10.6. The van der Waals surface area contributed by atoms with E-state index in [2.05, 4.69) is 14.7 Å². The Morgan fingerprint density at radius 3 is 2.43 bits per heavy atom. The Balaban J connectivity index is 2.15. The first kappa shape index (κ1) is 25.8. The molecule has 0 spiro atoms. The minimum absolute atomic E-state index is 0.0159. The van der Waals surface area contributed by atoms with E-state index >= 15 is 0 Å². The van der Waals surface area contributed by atoms with E-state index in [1.807, 2.05) is 20.8 Å². The van der Waals surface area contributed by atoms with Crippen LogP contribution in [0.1, 0.15) is 64.5 Å². The molecule has 2 aromatic heterocycles. The molecule has 184 valence electrons. The van der Waals surface area contributed by atoms with Crippen molar-refractivity contribution in [3.8, 4) is 0 Å². The number of aromatic nitrogens is 2. The number of nitrogens with one attached hydrogen (secondary N) is 1. The highest BCUT2D eigenvalue weighted by Crippen LogP contribution is 2.31. The molecule has 35 heavy (non-hydrogen) atoms. The SMILES string of the molecule is CCC(C)(C)NC(=O)[C@H](c1ccc(F)cc1)N(Cc1cccnc1)C(=O)c1snc(C(N)=O)c1N. The van der Waals surface area contributed by atoms with Crippen molar-refractivity contribution in [3.63, 3.8) is 0 Å². The number of hydrogen-bond acceptors (Lipinski definition) is 7. The van der Waals surface area contributed by atoms with Gasteiger partial charge in [-0.3, -0.25) is 19.4 Å². The molecule has 0 bridgehead atoms. The van der Waals surface area contributed by atoms with Crippen LogP contribution in [0.3, 0.4) is 0 Å². The zero-order valence-corrected chi connectivity index (χ0v) is 20.4. The Labute approximate surface area is 206 Å². The average Bonchev–Trinajstić information content (AvgIpc) is 3.21. The lowest BCUT2D eigenvalue weighted by molar-refractivity contribution is -0.127. The molecule has 0 radical (unpaired) electrons. The lowest BCUT2D eigenvalue weighted by Gasteiger charge is -2.34. The number of anilines is 1. The molecule has 5 N–H and O–H groups in total. The molecule has 3 rings (SSSR count). The number of benzene rings is 1. The fraction of sp³-hybridized carbons (Fsp3) is 0.292. The van der Waals surface area contributed by atoms with Gasteiger partial charge in [0.15, 0.2) is 5.69 Å².